The molecule has 2 rings (SSSR count). The maximum absolute atomic E-state index is 13.4. The van der Waals surface area contributed by atoms with Crippen molar-refractivity contribution in [2.24, 2.45) is 11.8 Å². The first-order valence-corrected chi connectivity index (χ1v) is 7.99. The molecule has 2 N–H and O–H groups in total. The number of rotatable bonds is 6. The van der Waals surface area contributed by atoms with E-state index in [1.54, 1.807) is 6.07 Å². The van der Waals surface area contributed by atoms with Crippen LogP contribution in [0, 0.1) is 17.7 Å². The van der Waals surface area contributed by atoms with E-state index in [-0.39, 0.29) is 24.8 Å². The molecule has 0 saturated heterocycles. The van der Waals surface area contributed by atoms with E-state index in [1.807, 2.05) is 6.08 Å². The van der Waals surface area contributed by atoms with Gasteiger partial charge in [0, 0.05) is 12.5 Å². The van der Waals surface area contributed by atoms with E-state index in [0.29, 0.717) is 12.0 Å². The first-order chi connectivity index (χ1) is 11.5. The Balaban J connectivity index is 1.97. The molecule has 2 atom stereocenters. The maximum Gasteiger partial charge on any atom is 0.310 e. The molecule has 0 saturated carbocycles. The number of aromatic hydroxyl groups is 1. The third kappa shape index (κ3) is 4.81. The van der Waals surface area contributed by atoms with Crippen LogP contribution in [0.2, 0.25) is 0 Å². The van der Waals surface area contributed by atoms with Crippen molar-refractivity contribution >= 4 is 11.9 Å². The van der Waals surface area contributed by atoms with Crippen LogP contribution in [0.1, 0.15) is 24.8 Å². The summed E-state index contributed by atoms with van der Waals surface area (Å²) in [6.45, 7) is 0.133. The van der Waals surface area contributed by atoms with Gasteiger partial charge in [-0.05, 0) is 43.4 Å². The number of nitrogens with one attached hydrogen (secondary N) is 1. The lowest BCUT2D eigenvalue weighted by Crippen LogP contribution is -2.38. The van der Waals surface area contributed by atoms with Crippen LogP contribution in [0.25, 0.3) is 0 Å². The topological polar surface area (TPSA) is 75.6 Å². The highest BCUT2D eigenvalue weighted by molar-refractivity contribution is 5.80. The van der Waals surface area contributed by atoms with Crippen LogP contribution in [-0.4, -0.2) is 30.6 Å². The molecule has 6 heteroatoms. The Hall–Kier alpha value is -2.37. The quantitative estimate of drug-likeness (QED) is 0.618. The molecule has 0 unspecified atom stereocenters. The molecule has 0 radical (unpaired) electrons. The number of benzene rings is 1. The fourth-order valence-electron chi connectivity index (χ4n) is 2.77. The summed E-state index contributed by atoms with van der Waals surface area (Å²) in [6.07, 6.45) is 6.65. The Morgan fingerprint density at radius 3 is 2.83 bits per heavy atom. The number of carbonyl (C=O) groups excluding carboxylic acids is 2. The highest BCUT2D eigenvalue weighted by Gasteiger charge is 2.24. The van der Waals surface area contributed by atoms with Gasteiger partial charge in [-0.3, -0.25) is 9.59 Å². The van der Waals surface area contributed by atoms with E-state index in [9.17, 15) is 19.1 Å². The molecular weight excluding hydrogens is 313 g/mol. The molecule has 1 aromatic rings. The van der Waals surface area contributed by atoms with Gasteiger partial charge in [0.1, 0.15) is 0 Å². The van der Waals surface area contributed by atoms with Crippen molar-refractivity contribution in [3.05, 3.63) is 41.7 Å². The first kappa shape index (κ1) is 18.0. The Labute approximate surface area is 140 Å². The Morgan fingerprint density at radius 1 is 1.42 bits per heavy atom. The molecule has 0 bridgehead atoms. The number of halogens is 1. The molecule has 0 fully saturated rings. The molecule has 1 aliphatic rings. The third-order valence-electron chi connectivity index (χ3n) is 4.19. The van der Waals surface area contributed by atoms with Crippen molar-refractivity contribution in [1.29, 1.82) is 0 Å². The fourth-order valence-corrected chi connectivity index (χ4v) is 2.77. The van der Waals surface area contributed by atoms with Crippen molar-refractivity contribution in [2.45, 2.75) is 25.7 Å². The molecular formula is C18H22FNO4. The molecule has 0 spiro atoms. The number of ether oxygens (including phenoxy) is 1. The molecule has 5 nitrogen and oxygen atoms in total. The average molecular weight is 335 g/mol. The van der Waals surface area contributed by atoms with Gasteiger partial charge in [0.25, 0.3) is 0 Å². The number of hydrogen-bond donors (Lipinski definition) is 2. The van der Waals surface area contributed by atoms with Gasteiger partial charge in [0.05, 0.1) is 13.0 Å². The molecule has 1 aliphatic carbocycles. The van der Waals surface area contributed by atoms with E-state index in [0.717, 1.165) is 12.8 Å². The summed E-state index contributed by atoms with van der Waals surface area (Å²) >= 11 is 0. The van der Waals surface area contributed by atoms with E-state index >= 15 is 0 Å². The number of amides is 1. The van der Waals surface area contributed by atoms with Crippen LogP contribution >= 0.6 is 0 Å². The third-order valence-corrected chi connectivity index (χ3v) is 4.19. The van der Waals surface area contributed by atoms with Gasteiger partial charge in [-0.2, -0.15) is 0 Å². The molecule has 24 heavy (non-hydrogen) atoms. The minimum atomic E-state index is -0.742. The standard InChI is InChI=1S/C18H22FNO4/c1-24-18(23)14(9-12-7-8-16(21)15(19)10-12)11-20-17(22)13-5-3-2-4-6-13/h2-3,7-8,10,13-14,21H,4-6,9,11H2,1H3,(H,20,22)/t13-,14-/m1/s1. The number of methoxy groups -OCH3 is 1. The summed E-state index contributed by atoms with van der Waals surface area (Å²) < 4.78 is 18.2. The lowest BCUT2D eigenvalue weighted by molar-refractivity contribution is -0.145. The number of phenols is 1. The first-order valence-electron chi connectivity index (χ1n) is 7.99. The normalized spacial score (nSPS) is 18.0. The minimum absolute atomic E-state index is 0.0700. The molecule has 0 heterocycles. The second-order valence-electron chi connectivity index (χ2n) is 5.94. The second kappa shape index (κ2) is 8.47. The molecule has 0 aromatic heterocycles. The monoisotopic (exact) mass is 335 g/mol. The molecule has 0 aliphatic heterocycles. The summed E-state index contributed by atoms with van der Waals surface area (Å²) in [7, 11) is 1.28. The predicted octanol–water partition coefficient (Wildman–Crippen LogP) is 2.34. The van der Waals surface area contributed by atoms with Crippen LogP contribution in [0.4, 0.5) is 4.39 Å². The summed E-state index contributed by atoms with van der Waals surface area (Å²) in [5, 5.41) is 12.0. The number of esters is 1. The lowest BCUT2D eigenvalue weighted by Gasteiger charge is -2.20. The minimum Gasteiger partial charge on any atom is -0.505 e. The number of allylic oxidation sites excluding steroid dienone is 2. The van der Waals surface area contributed by atoms with E-state index in [4.69, 9.17) is 4.74 Å². The zero-order valence-electron chi connectivity index (χ0n) is 13.6. The van der Waals surface area contributed by atoms with Gasteiger partial charge < -0.3 is 15.2 Å². The van der Waals surface area contributed by atoms with Crippen molar-refractivity contribution in [3.63, 3.8) is 0 Å². The van der Waals surface area contributed by atoms with E-state index in [1.165, 1.54) is 19.2 Å². The fraction of sp³-hybridized carbons (Fsp3) is 0.444. The average Bonchev–Trinajstić information content (AvgIpc) is 2.61. The molecule has 130 valence electrons. The summed E-state index contributed by atoms with van der Waals surface area (Å²) in [4.78, 5) is 24.1. The number of phenolic OH excluding ortho intramolecular Hbond substituents is 1. The Morgan fingerprint density at radius 2 is 2.21 bits per heavy atom. The van der Waals surface area contributed by atoms with Crippen LogP contribution in [0.3, 0.4) is 0 Å². The predicted molar refractivity (Wildman–Crippen MR) is 86.8 cm³/mol. The number of carbonyl (C=O) groups is 2. The van der Waals surface area contributed by atoms with Gasteiger partial charge in [0.2, 0.25) is 5.91 Å². The summed E-state index contributed by atoms with van der Waals surface area (Å²) in [5.74, 6) is -2.40. The van der Waals surface area contributed by atoms with Crippen molar-refractivity contribution in [2.75, 3.05) is 13.7 Å². The summed E-state index contributed by atoms with van der Waals surface area (Å²) in [6, 6.07) is 3.97. The van der Waals surface area contributed by atoms with E-state index < -0.39 is 23.5 Å². The highest BCUT2D eigenvalue weighted by Crippen LogP contribution is 2.20. The summed E-state index contributed by atoms with van der Waals surface area (Å²) in [5.41, 5.74) is 0.551. The molecule has 1 aromatic carbocycles. The van der Waals surface area contributed by atoms with Gasteiger partial charge in [-0.1, -0.05) is 18.2 Å². The van der Waals surface area contributed by atoms with Crippen LogP contribution in [-0.2, 0) is 20.7 Å². The van der Waals surface area contributed by atoms with Crippen LogP contribution in [0.15, 0.2) is 30.4 Å². The Kier molecular flexibility index (Phi) is 6.35. The van der Waals surface area contributed by atoms with E-state index in [2.05, 4.69) is 11.4 Å². The smallest absolute Gasteiger partial charge is 0.310 e. The highest BCUT2D eigenvalue weighted by atomic mass is 19.1. The largest absolute Gasteiger partial charge is 0.505 e. The molecule has 1 amide bonds. The van der Waals surface area contributed by atoms with Crippen molar-refractivity contribution < 1.29 is 23.8 Å². The Bertz CT molecular complexity index is 629. The SMILES string of the molecule is COC(=O)[C@@H](CNC(=O)[C@@H]1CC=CCC1)Cc1ccc(O)c(F)c1. The van der Waals surface area contributed by atoms with Gasteiger partial charge in [-0.25, -0.2) is 4.39 Å². The number of hydrogen-bond acceptors (Lipinski definition) is 4. The zero-order valence-corrected chi connectivity index (χ0v) is 13.6. The lowest BCUT2D eigenvalue weighted by atomic mass is 9.93. The second-order valence-corrected chi connectivity index (χ2v) is 5.94. The van der Waals surface area contributed by atoms with Crippen LogP contribution in [0.5, 0.6) is 5.75 Å². The van der Waals surface area contributed by atoms with Crippen molar-refractivity contribution in [1.82, 2.24) is 5.32 Å². The zero-order chi connectivity index (χ0) is 17.5. The van der Waals surface area contributed by atoms with Gasteiger partial charge >= 0.3 is 5.97 Å². The van der Waals surface area contributed by atoms with Crippen molar-refractivity contribution in [3.8, 4) is 5.75 Å². The van der Waals surface area contributed by atoms with Crippen LogP contribution < -0.4 is 5.32 Å². The van der Waals surface area contributed by atoms with Gasteiger partial charge in [0.15, 0.2) is 11.6 Å². The maximum atomic E-state index is 13.4. The van der Waals surface area contributed by atoms with Gasteiger partial charge in [-0.15, -0.1) is 0 Å².